The largest absolute Gasteiger partial charge is 0.448 e. The van der Waals surface area contributed by atoms with Gasteiger partial charge in [0.25, 0.3) is 17.3 Å². The van der Waals surface area contributed by atoms with Crippen molar-refractivity contribution in [3.8, 4) is 11.5 Å². The van der Waals surface area contributed by atoms with Crippen LogP contribution in [0.1, 0.15) is 78.5 Å². The van der Waals surface area contributed by atoms with Crippen LogP contribution in [0, 0.1) is 12.8 Å². The highest BCUT2D eigenvalue weighted by Crippen LogP contribution is 2.57. The zero-order valence-corrected chi connectivity index (χ0v) is 25.2. The van der Waals surface area contributed by atoms with Gasteiger partial charge in [0.1, 0.15) is 0 Å². The van der Waals surface area contributed by atoms with E-state index in [0.29, 0.717) is 39.8 Å². The molecule has 1 aromatic heterocycles. The summed E-state index contributed by atoms with van der Waals surface area (Å²) in [5, 5.41) is 3.35. The molecule has 8 nitrogen and oxygen atoms in total. The molecule has 3 heterocycles. The van der Waals surface area contributed by atoms with E-state index in [1.54, 1.807) is 13.2 Å². The summed E-state index contributed by atoms with van der Waals surface area (Å²) in [6.07, 6.45) is 8.50. The van der Waals surface area contributed by atoms with Crippen LogP contribution in [0.4, 0.5) is 0 Å². The minimum absolute atomic E-state index is 0.129. The fraction of sp³-hybridized carbons (Fsp3) is 0.600. The predicted octanol–water partition coefficient (Wildman–Crippen LogP) is 5.24. The number of aryl methyl sites for hydroxylation is 1. The summed E-state index contributed by atoms with van der Waals surface area (Å²) in [6, 6.07) is 4.22. The van der Waals surface area contributed by atoms with E-state index in [2.05, 4.69) is 15.2 Å². The molecule has 1 unspecified atom stereocenters. The van der Waals surface area contributed by atoms with Crippen molar-refractivity contribution in [2.24, 2.45) is 5.92 Å². The van der Waals surface area contributed by atoms with Crippen LogP contribution in [-0.4, -0.2) is 60.2 Å². The molecule has 216 valence electrons. The van der Waals surface area contributed by atoms with Crippen LogP contribution in [-0.2, 0) is 11.3 Å². The number of nitrogens with zero attached hydrogens (tertiary/aromatic N) is 1. The van der Waals surface area contributed by atoms with Crippen molar-refractivity contribution in [1.82, 2.24) is 15.2 Å². The fourth-order valence-electron chi connectivity index (χ4n) is 6.56. The van der Waals surface area contributed by atoms with Crippen LogP contribution in [0.3, 0.4) is 0 Å². The number of carbonyl (C=O) groups excluding carboxylic acids is 1. The lowest BCUT2D eigenvalue weighted by atomic mass is 9.80. The Morgan fingerprint density at radius 3 is 2.52 bits per heavy atom. The zero-order chi connectivity index (χ0) is 28.2. The van der Waals surface area contributed by atoms with Gasteiger partial charge in [-0.2, -0.15) is 0 Å². The van der Waals surface area contributed by atoms with Gasteiger partial charge in [-0.1, -0.05) is 11.6 Å². The first-order chi connectivity index (χ1) is 19.2. The Bertz CT molecular complexity index is 1360. The zero-order valence-electron chi connectivity index (χ0n) is 23.6. The number of aromatic nitrogens is 1. The van der Waals surface area contributed by atoms with Crippen LogP contribution in [0.25, 0.3) is 0 Å². The Kier molecular flexibility index (Phi) is 7.61. The summed E-state index contributed by atoms with van der Waals surface area (Å²) in [7, 11) is 1.79. The maximum absolute atomic E-state index is 13.5. The number of halogens is 1. The number of hydrogen-bond acceptors (Lipinski definition) is 7. The van der Waals surface area contributed by atoms with E-state index in [-0.39, 0.29) is 29.8 Å². The number of rotatable bonds is 8. The molecule has 10 heteroatoms. The molecule has 1 amide bonds. The van der Waals surface area contributed by atoms with E-state index in [1.165, 1.54) is 11.8 Å². The smallest absolute Gasteiger partial charge is 0.254 e. The number of likely N-dealkylation sites (tertiary alicyclic amines) is 1. The molecule has 0 bridgehead atoms. The molecular formula is C30H38ClN3O5S. The third kappa shape index (κ3) is 5.14. The number of aromatic amines is 1. The standard InChI is InChI=1S/C30H38ClN3O5S/c1-16-11-24(40-4)22(29(36)33-16)13-32-28(35)21-12-23(31)26-27(25(21)17-5-6-17)39-30(2,38-26)18-7-9-19(10-8-18)34-14-20(15-34)37-3/h11-12,17-20H,5-10,13-15H2,1-4H3,(H,32,35)(H,33,36). The van der Waals surface area contributed by atoms with E-state index >= 15 is 0 Å². The van der Waals surface area contributed by atoms with Gasteiger partial charge < -0.3 is 24.5 Å². The first-order valence-electron chi connectivity index (χ1n) is 14.3. The van der Waals surface area contributed by atoms with Crippen LogP contribution in [0.15, 0.2) is 21.8 Å². The maximum Gasteiger partial charge on any atom is 0.254 e. The summed E-state index contributed by atoms with van der Waals surface area (Å²) in [6.45, 7) is 6.03. The highest BCUT2D eigenvalue weighted by molar-refractivity contribution is 7.98. The minimum atomic E-state index is -0.817. The molecule has 1 atom stereocenters. The predicted molar refractivity (Wildman–Crippen MR) is 156 cm³/mol. The van der Waals surface area contributed by atoms with E-state index in [0.717, 1.165) is 67.8 Å². The Balaban J connectivity index is 1.19. The van der Waals surface area contributed by atoms with Gasteiger partial charge in [0, 0.05) is 72.9 Å². The summed E-state index contributed by atoms with van der Waals surface area (Å²) >= 11 is 8.24. The van der Waals surface area contributed by atoms with Crippen molar-refractivity contribution in [2.45, 2.75) is 87.7 Å². The lowest BCUT2D eigenvalue weighted by molar-refractivity contribution is -0.130. The Labute approximate surface area is 244 Å². The lowest BCUT2D eigenvalue weighted by Crippen LogP contribution is -2.57. The number of benzene rings is 1. The van der Waals surface area contributed by atoms with Gasteiger partial charge in [-0.3, -0.25) is 14.5 Å². The van der Waals surface area contributed by atoms with Crippen LogP contribution in [0.2, 0.25) is 5.02 Å². The average Bonchev–Trinajstić information content (AvgIpc) is 3.67. The number of amides is 1. The third-order valence-electron chi connectivity index (χ3n) is 9.11. The Morgan fingerprint density at radius 2 is 1.88 bits per heavy atom. The summed E-state index contributed by atoms with van der Waals surface area (Å²) in [5.41, 5.74) is 2.53. The molecule has 2 saturated carbocycles. The van der Waals surface area contributed by atoms with Crippen molar-refractivity contribution >= 4 is 29.3 Å². The van der Waals surface area contributed by atoms with E-state index in [1.807, 2.05) is 26.2 Å². The van der Waals surface area contributed by atoms with Gasteiger partial charge in [0.15, 0.2) is 11.5 Å². The van der Waals surface area contributed by atoms with Gasteiger partial charge in [0.05, 0.1) is 11.1 Å². The molecule has 2 N–H and O–H groups in total. The summed E-state index contributed by atoms with van der Waals surface area (Å²) in [5.74, 6) is 0.554. The third-order valence-corrected chi connectivity index (χ3v) is 10.2. The molecule has 3 fully saturated rings. The number of fused-ring (bicyclic) bond motifs is 1. The number of thioether (sulfide) groups is 1. The van der Waals surface area contributed by atoms with Gasteiger partial charge in [-0.05, 0) is 69.8 Å². The topological polar surface area (TPSA) is 92.9 Å². The molecule has 6 rings (SSSR count). The van der Waals surface area contributed by atoms with Gasteiger partial charge in [-0.15, -0.1) is 11.8 Å². The Morgan fingerprint density at radius 1 is 1.18 bits per heavy atom. The monoisotopic (exact) mass is 587 g/mol. The molecule has 2 aliphatic heterocycles. The Hall–Kier alpha value is -2.20. The second-order valence-electron chi connectivity index (χ2n) is 11.8. The van der Waals surface area contributed by atoms with Gasteiger partial charge in [-0.25, -0.2) is 0 Å². The van der Waals surface area contributed by atoms with Crippen molar-refractivity contribution in [3.63, 3.8) is 0 Å². The number of methoxy groups -OCH3 is 1. The molecule has 1 saturated heterocycles. The number of pyridine rings is 1. The number of hydrogen-bond donors (Lipinski definition) is 2. The number of nitrogens with one attached hydrogen (secondary N) is 2. The van der Waals surface area contributed by atoms with E-state index in [9.17, 15) is 9.59 Å². The highest BCUT2D eigenvalue weighted by atomic mass is 35.5. The second kappa shape index (κ2) is 10.9. The molecule has 0 radical (unpaired) electrons. The number of H-pyrrole nitrogens is 1. The van der Waals surface area contributed by atoms with E-state index < -0.39 is 5.79 Å². The van der Waals surface area contributed by atoms with Crippen LogP contribution >= 0.6 is 23.4 Å². The van der Waals surface area contributed by atoms with Crippen molar-refractivity contribution in [3.05, 3.63) is 49.9 Å². The maximum atomic E-state index is 13.5. The summed E-state index contributed by atoms with van der Waals surface area (Å²) in [4.78, 5) is 32.4. The second-order valence-corrected chi connectivity index (χ2v) is 13.1. The van der Waals surface area contributed by atoms with Crippen molar-refractivity contribution < 1.29 is 19.0 Å². The van der Waals surface area contributed by atoms with Crippen LogP contribution < -0.4 is 20.3 Å². The fourth-order valence-corrected chi connectivity index (χ4v) is 7.50. The normalized spacial score (nSPS) is 26.5. The number of ether oxygens (including phenoxy) is 3. The lowest BCUT2D eigenvalue weighted by Gasteiger charge is -2.47. The summed E-state index contributed by atoms with van der Waals surface area (Å²) < 4.78 is 18.6. The average molecular weight is 588 g/mol. The molecule has 40 heavy (non-hydrogen) atoms. The highest BCUT2D eigenvalue weighted by Gasteiger charge is 2.50. The van der Waals surface area contributed by atoms with Crippen LogP contribution in [0.5, 0.6) is 11.5 Å². The first kappa shape index (κ1) is 27.9. The van der Waals surface area contributed by atoms with E-state index in [4.69, 9.17) is 25.8 Å². The van der Waals surface area contributed by atoms with Gasteiger partial charge in [0.2, 0.25) is 0 Å². The quantitative estimate of drug-likeness (QED) is 0.408. The molecule has 1 aromatic carbocycles. The minimum Gasteiger partial charge on any atom is -0.448 e. The molecule has 2 aliphatic carbocycles. The SMILES string of the molecule is COC1CN(C2CCC(C3(C)Oc4c(Cl)cc(C(=O)NCc5c(SC)cc(C)[nH]c5=O)c(C5CC5)c4O3)CC2)C1. The molecular weight excluding hydrogens is 550 g/mol. The first-order valence-corrected chi connectivity index (χ1v) is 15.9. The molecule has 4 aliphatic rings. The molecule has 2 aromatic rings. The van der Waals surface area contributed by atoms with Gasteiger partial charge >= 0.3 is 0 Å². The number of carbonyl (C=O) groups is 1. The van der Waals surface area contributed by atoms with Crippen molar-refractivity contribution in [1.29, 1.82) is 0 Å². The van der Waals surface area contributed by atoms with Crippen molar-refractivity contribution in [2.75, 3.05) is 26.5 Å². The molecule has 0 spiro atoms.